The van der Waals surface area contributed by atoms with Gasteiger partial charge in [0.05, 0.1) is 6.54 Å². The Bertz CT molecular complexity index is 892. The smallest absolute Gasteiger partial charge is 0.319 e. The number of pyridine rings is 1. The van der Waals surface area contributed by atoms with Crippen LogP contribution < -0.4 is 5.73 Å². The van der Waals surface area contributed by atoms with Gasteiger partial charge in [-0.05, 0) is 84.3 Å². The van der Waals surface area contributed by atoms with Crippen molar-refractivity contribution >= 4 is 11.5 Å². The fraction of sp³-hybridized carbons (Fsp3) is 0.615. The Kier molecular flexibility index (Phi) is 4.89. The molecule has 160 valence electrons. The highest BCUT2D eigenvalue weighted by Crippen LogP contribution is 2.66. The van der Waals surface area contributed by atoms with Crippen LogP contribution in [0.2, 0.25) is 0 Å². The molecule has 1 heterocycles. The molecule has 0 aromatic carbocycles. The average Bonchev–Trinajstić information content (AvgIpc) is 3.11. The minimum absolute atomic E-state index is 0.0103. The van der Waals surface area contributed by atoms with E-state index in [-0.39, 0.29) is 29.4 Å². The second-order valence-electron chi connectivity index (χ2n) is 10.4. The van der Waals surface area contributed by atoms with Crippen molar-refractivity contribution in [2.75, 3.05) is 6.54 Å². The fourth-order valence-corrected chi connectivity index (χ4v) is 7.50. The Morgan fingerprint density at radius 1 is 1.17 bits per heavy atom. The van der Waals surface area contributed by atoms with E-state index in [0.717, 1.165) is 31.1 Å². The van der Waals surface area contributed by atoms with Gasteiger partial charge in [0, 0.05) is 18.8 Å². The molecule has 2 saturated carbocycles. The van der Waals surface area contributed by atoms with Crippen molar-refractivity contribution in [3.05, 3.63) is 47.8 Å². The fourth-order valence-electron chi connectivity index (χ4n) is 7.50. The molecule has 5 rings (SSSR count). The highest BCUT2D eigenvalue weighted by molar-refractivity contribution is 5.72. The Hall–Kier alpha value is -1.94. The Balaban J connectivity index is 1.38. The van der Waals surface area contributed by atoms with Crippen LogP contribution in [-0.2, 0) is 9.53 Å². The normalized spacial score (nSPS) is 39.8. The van der Waals surface area contributed by atoms with E-state index in [1.807, 2.05) is 12.4 Å². The van der Waals surface area contributed by atoms with Crippen molar-refractivity contribution in [1.29, 1.82) is 0 Å². The third-order valence-electron chi connectivity index (χ3n) is 9.08. The van der Waals surface area contributed by atoms with Gasteiger partial charge in [-0.2, -0.15) is 0 Å². The van der Waals surface area contributed by atoms with Gasteiger partial charge >= 0.3 is 5.97 Å². The Labute approximate surface area is 180 Å². The predicted molar refractivity (Wildman–Crippen MR) is 118 cm³/mol. The summed E-state index contributed by atoms with van der Waals surface area (Å²) in [5.74, 6) is 1.93. The van der Waals surface area contributed by atoms with Crippen molar-refractivity contribution in [3.63, 3.8) is 0 Å². The number of carbonyl (C=O) groups is 1. The topological polar surface area (TPSA) is 65.2 Å². The molecule has 0 amide bonds. The molecule has 1 aromatic heterocycles. The van der Waals surface area contributed by atoms with Crippen LogP contribution in [0.25, 0.3) is 5.57 Å². The number of nitrogens with zero attached hydrogens (tertiary/aromatic N) is 1. The van der Waals surface area contributed by atoms with Crippen LogP contribution in [0, 0.1) is 28.6 Å². The molecule has 0 spiro atoms. The minimum atomic E-state index is -0.272. The number of nitrogens with two attached hydrogens (primary N) is 1. The Morgan fingerprint density at radius 3 is 2.77 bits per heavy atom. The molecule has 2 N–H and O–H groups in total. The Morgan fingerprint density at radius 2 is 2.00 bits per heavy atom. The molecule has 6 atom stereocenters. The highest BCUT2D eigenvalue weighted by Gasteiger charge is 2.57. The van der Waals surface area contributed by atoms with Crippen LogP contribution in [0.3, 0.4) is 0 Å². The molecule has 0 bridgehead atoms. The van der Waals surface area contributed by atoms with Crippen LogP contribution in [0.15, 0.2) is 42.3 Å². The van der Waals surface area contributed by atoms with Gasteiger partial charge in [0.15, 0.2) is 0 Å². The third-order valence-corrected chi connectivity index (χ3v) is 9.08. The van der Waals surface area contributed by atoms with Gasteiger partial charge in [-0.1, -0.05) is 37.6 Å². The van der Waals surface area contributed by atoms with E-state index >= 15 is 0 Å². The molecule has 0 aliphatic heterocycles. The number of carbonyl (C=O) groups excluding carboxylic acids is 1. The summed E-state index contributed by atoms with van der Waals surface area (Å²) in [7, 11) is 0. The molecule has 2 fully saturated rings. The predicted octanol–water partition coefficient (Wildman–Crippen LogP) is 4.91. The number of allylic oxidation sites excluding steroid dienone is 3. The summed E-state index contributed by atoms with van der Waals surface area (Å²) in [6.07, 6.45) is 16.8. The van der Waals surface area contributed by atoms with Gasteiger partial charge in [-0.15, -0.1) is 0 Å². The van der Waals surface area contributed by atoms with Crippen molar-refractivity contribution < 1.29 is 9.53 Å². The maximum atomic E-state index is 11.7. The summed E-state index contributed by atoms with van der Waals surface area (Å²) in [4.78, 5) is 16.1. The molecule has 4 nitrogen and oxygen atoms in total. The lowest BCUT2D eigenvalue weighted by molar-refractivity contribution is -0.149. The van der Waals surface area contributed by atoms with Crippen molar-refractivity contribution in [2.24, 2.45) is 34.3 Å². The van der Waals surface area contributed by atoms with E-state index in [9.17, 15) is 4.79 Å². The van der Waals surface area contributed by atoms with E-state index in [4.69, 9.17) is 10.5 Å². The number of hydrogen-bond donors (Lipinski definition) is 1. The monoisotopic (exact) mass is 406 g/mol. The minimum Gasteiger partial charge on any atom is -0.461 e. The van der Waals surface area contributed by atoms with Crippen LogP contribution in [0.1, 0.15) is 64.4 Å². The molecule has 0 unspecified atom stereocenters. The summed E-state index contributed by atoms with van der Waals surface area (Å²) in [6, 6.07) is 4.29. The maximum absolute atomic E-state index is 11.7. The van der Waals surface area contributed by atoms with E-state index in [0.29, 0.717) is 5.92 Å². The third kappa shape index (κ3) is 2.98. The van der Waals surface area contributed by atoms with Crippen molar-refractivity contribution in [2.45, 2.75) is 64.9 Å². The summed E-state index contributed by atoms with van der Waals surface area (Å²) in [5.41, 5.74) is 10.3. The molecule has 4 aliphatic carbocycles. The highest BCUT2D eigenvalue weighted by atomic mass is 16.5. The summed E-state index contributed by atoms with van der Waals surface area (Å²) in [6.45, 7) is 4.97. The molecule has 1 aromatic rings. The van der Waals surface area contributed by atoms with Crippen LogP contribution in [0.4, 0.5) is 0 Å². The number of aromatic nitrogens is 1. The summed E-state index contributed by atoms with van der Waals surface area (Å²) >= 11 is 0. The SMILES string of the molecule is C[C@]12CC[C@H](OC(=O)CN)CC1=CC[C@@H]1[C@@H]2CC[C@]2(C)C(c3cccnc3)=CC[C@@H]12. The maximum Gasteiger partial charge on any atom is 0.319 e. The second kappa shape index (κ2) is 7.33. The number of fused-ring (bicyclic) bond motifs is 5. The molecule has 4 heteroatoms. The molecular weight excluding hydrogens is 372 g/mol. The quantitative estimate of drug-likeness (QED) is 0.572. The molecule has 0 saturated heterocycles. The average molecular weight is 407 g/mol. The van der Waals surface area contributed by atoms with E-state index < -0.39 is 0 Å². The molecular formula is C26H34N2O2. The lowest BCUT2D eigenvalue weighted by Crippen LogP contribution is -2.50. The zero-order valence-electron chi connectivity index (χ0n) is 18.3. The zero-order chi connectivity index (χ0) is 20.9. The van der Waals surface area contributed by atoms with Gasteiger partial charge in [0.2, 0.25) is 0 Å². The number of esters is 1. The van der Waals surface area contributed by atoms with Gasteiger partial charge in [0.25, 0.3) is 0 Å². The number of rotatable bonds is 3. The number of hydrogen-bond acceptors (Lipinski definition) is 4. The lowest BCUT2D eigenvalue weighted by atomic mass is 9.47. The van der Waals surface area contributed by atoms with Gasteiger partial charge < -0.3 is 10.5 Å². The van der Waals surface area contributed by atoms with Crippen LogP contribution in [0.5, 0.6) is 0 Å². The second-order valence-corrected chi connectivity index (χ2v) is 10.4. The van der Waals surface area contributed by atoms with E-state index in [1.165, 1.54) is 42.4 Å². The van der Waals surface area contributed by atoms with Gasteiger partial charge in [-0.25, -0.2) is 0 Å². The van der Waals surface area contributed by atoms with Crippen molar-refractivity contribution in [3.8, 4) is 0 Å². The zero-order valence-corrected chi connectivity index (χ0v) is 18.3. The van der Waals surface area contributed by atoms with E-state index in [1.54, 1.807) is 0 Å². The molecule has 30 heavy (non-hydrogen) atoms. The molecule has 0 radical (unpaired) electrons. The first-order valence-corrected chi connectivity index (χ1v) is 11.7. The summed E-state index contributed by atoms with van der Waals surface area (Å²) in [5, 5.41) is 0. The first-order chi connectivity index (χ1) is 14.5. The first kappa shape index (κ1) is 20.0. The largest absolute Gasteiger partial charge is 0.461 e. The lowest BCUT2D eigenvalue weighted by Gasteiger charge is -2.57. The standard InChI is InChI=1S/C26H34N2O2/c1-25-11-9-19(30-24(29)15-27)14-18(25)5-6-20-22-8-7-21(17-4-3-13-28-16-17)26(22,2)12-10-23(20)25/h3-5,7,13,16,19-20,22-23H,6,8-12,14-15,27H2,1-2H3/t19-,20-,22-,23-,25-,26+/m0/s1. The van der Waals surface area contributed by atoms with Gasteiger partial charge in [0.1, 0.15) is 6.10 Å². The van der Waals surface area contributed by atoms with Crippen LogP contribution in [-0.4, -0.2) is 23.6 Å². The van der Waals surface area contributed by atoms with Crippen LogP contribution >= 0.6 is 0 Å². The summed E-state index contributed by atoms with van der Waals surface area (Å²) < 4.78 is 5.60. The van der Waals surface area contributed by atoms with E-state index in [2.05, 4.69) is 43.1 Å². The number of ether oxygens (including phenoxy) is 1. The molecule has 4 aliphatic rings. The van der Waals surface area contributed by atoms with Crippen molar-refractivity contribution in [1.82, 2.24) is 4.98 Å². The first-order valence-electron chi connectivity index (χ1n) is 11.7. The van der Waals surface area contributed by atoms with Gasteiger partial charge in [-0.3, -0.25) is 9.78 Å².